The number of rotatable bonds is 68. The number of phosphoric ester groups is 1. The third-order valence-electron chi connectivity index (χ3n) is 16.5. The van der Waals surface area contributed by atoms with Gasteiger partial charge in [0, 0.05) is 12.8 Å². The van der Waals surface area contributed by atoms with Gasteiger partial charge >= 0.3 is 13.8 Å². The van der Waals surface area contributed by atoms with Crippen LogP contribution in [-0.4, -0.2) is 74.3 Å². The first kappa shape index (κ1) is 85.9. The minimum Gasteiger partial charge on any atom is -0.456 e. The topological polar surface area (TPSA) is 111 Å². The van der Waals surface area contributed by atoms with Gasteiger partial charge in [-0.25, -0.2) is 4.57 Å². The molecule has 0 saturated carbocycles. The third-order valence-corrected chi connectivity index (χ3v) is 17.5. The standard InChI is InChI=1S/C79H143N2O7P/c1-7-10-13-16-19-22-25-28-30-32-34-36-38-40-42-44-46-48-50-53-56-59-62-65-68-71-78(82)80-76(75-87-89(84,85)86-74-73-81(4,5)6)77(70-67-64-61-58-55-52-27-24-21-18-15-12-9-3)88-79(83)72-69-66-63-60-57-54-51-49-47-45-43-41-39-37-35-33-31-29-26-23-20-17-14-11-8-2/h10,13,19,22,28-31,34,36,40,42,46,48,67,70,76-77H,7-9,11-12,14-18,20-21,23-27,32-33,35,37-39,41,43-45,47,49-66,68-69,71-75H2,1-6H3,(H-,80,82,84,85)/p+1/b13-10-,22-19-,30-28-,31-29+,36-34-,42-40-,48-46-,70-67+. The highest BCUT2D eigenvalue weighted by molar-refractivity contribution is 7.47. The van der Waals surface area contributed by atoms with Crippen LogP contribution >= 0.6 is 7.82 Å². The van der Waals surface area contributed by atoms with Crippen molar-refractivity contribution in [2.75, 3.05) is 40.9 Å². The van der Waals surface area contributed by atoms with Gasteiger partial charge < -0.3 is 19.4 Å². The van der Waals surface area contributed by atoms with Crippen molar-refractivity contribution in [2.24, 2.45) is 0 Å². The number of carbonyl (C=O) groups is 2. The number of nitrogens with one attached hydrogen (secondary N) is 1. The normalized spacial score (nSPS) is 14.0. The Hall–Kier alpha value is -3.07. The van der Waals surface area contributed by atoms with E-state index in [-0.39, 0.29) is 31.5 Å². The van der Waals surface area contributed by atoms with E-state index in [1.54, 1.807) is 0 Å². The molecule has 0 fully saturated rings. The van der Waals surface area contributed by atoms with Crippen molar-refractivity contribution in [1.82, 2.24) is 5.32 Å². The van der Waals surface area contributed by atoms with E-state index in [1.165, 1.54) is 186 Å². The Kier molecular flexibility index (Phi) is 65.5. The van der Waals surface area contributed by atoms with Crippen molar-refractivity contribution in [3.05, 3.63) is 97.2 Å². The van der Waals surface area contributed by atoms with Gasteiger partial charge in [-0.15, -0.1) is 0 Å². The molecule has 0 aliphatic carbocycles. The van der Waals surface area contributed by atoms with E-state index in [9.17, 15) is 19.0 Å². The summed E-state index contributed by atoms with van der Waals surface area (Å²) in [5, 5.41) is 3.07. The fourth-order valence-corrected chi connectivity index (χ4v) is 11.5. The number of hydrogen-bond acceptors (Lipinski definition) is 6. The molecule has 89 heavy (non-hydrogen) atoms. The Balaban J connectivity index is 5.08. The molecule has 0 spiro atoms. The van der Waals surface area contributed by atoms with E-state index in [1.807, 2.05) is 33.3 Å². The quantitative estimate of drug-likeness (QED) is 0.0205. The highest BCUT2D eigenvalue weighted by Crippen LogP contribution is 2.43. The fourth-order valence-electron chi connectivity index (χ4n) is 10.8. The summed E-state index contributed by atoms with van der Waals surface area (Å²) in [4.78, 5) is 38.0. The van der Waals surface area contributed by atoms with E-state index in [2.05, 4.69) is 111 Å². The van der Waals surface area contributed by atoms with Gasteiger partial charge in [0.15, 0.2) is 0 Å². The number of nitrogens with zero attached hydrogens (tertiary/aromatic N) is 1. The lowest BCUT2D eigenvalue weighted by molar-refractivity contribution is -0.870. The van der Waals surface area contributed by atoms with Gasteiger partial charge in [-0.05, 0) is 109 Å². The molecule has 0 rings (SSSR count). The van der Waals surface area contributed by atoms with Gasteiger partial charge in [0.1, 0.15) is 19.3 Å². The van der Waals surface area contributed by atoms with Gasteiger partial charge in [0.05, 0.1) is 33.8 Å². The zero-order valence-corrected chi connectivity index (χ0v) is 60.1. The largest absolute Gasteiger partial charge is 0.472 e. The smallest absolute Gasteiger partial charge is 0.456 e. The lowest BCUT2D eigenvalue weighted by Crippen LogP contribution is -2.47. The average molecular weight is 1270 g/mol. The fraction of sp³-hybridized carbons (Fsp3) is 0.772. The number of allylic oxidation sites excluding steroid dienone is 15. The van der Waals surface area contributed by atoms with Gasteiger partial charge in [-0.3, -0.25) is 18.6 Å². The van der Waals surface area contributed by atoms with Crippen LogP contribution in [0.25, 0.3) is 0 Å². The third kappa shape index (κ3) is 69.1. The summed E-state index contributed by atoms with van der Waals surface area (Å²) in [6, 6.07) is -0.863. The summed E-state index contributed by atoms with van der Waals surface area (Å²) < 4.78 is 30.9. The summed E-state index contributed by atoms with van der Waals surface area (Å²) >= 11 is 0. The summed E-state index contributed by atoms with van der Waals surface area (Å²) in [7, 11) is 1.48. The number of ether oxygens (including phenoxy) is 1. The molecule has 0 aliphatic heterocycles. The van der Waals surface area contributed by atoms with Crippen molar-refractivity contribution < 1.29 is 37.3 Å². The van der Waals surface area contributed by atoms with Crippen molar-refractivity contribution in [2.45, 2.75) is 354 Å². The Morgan fingerprint density at radius 3 is 1.09 bits per heavy atom. The van der Waals surface area contributed by atoms with Gasteiger partial charge in [0.25, 0.3) is 0 Å². The number of likely N-dealkylation sites (N-methyl/N-ethyl adjacent to an activating group) is 1. The highest BCUT2D eigenvalue weighted by atomic mass is 31.2. The molecular weight excluding hydrogens is 1120 g/mol. The van der Waals surface area contributed by atoms with Crippen LogP contribution in [0.15, 0.2) is 97.2 Å². The molecule has 3 atom stereocenters. The number of phosphoric acid groups is 1. The molecule has 0 aromatic rings. The second-order valence-electron chi connectivity index (χ2n) is 26.4. The van der Waals surface area contributed by atoms with Crippen molar-refractivity contribution in [3.63, 3.8) is 0 Å². The Morgan fingerprint density at radius 2 is 0.719 bits per heavy atom. The van der Waals surface area contributed by atoms with Gasteiger partial charge in [-0.1, -0.05) is 317 Å². The van der Waals surface area contributed by atoms with Crippen LogP contribution in [0.4, 0.5) is 0 Å². The molecule has 0 bridgehead atoms. The lowest BCUT2D eigenvalue weighted by Gasteiger charge is -2.27. The Labute approximate surface area is 551 Å². The second-order valence-corrected chi connectivity index (χ2v) is 27.9. The number of carbonyl (C=O) groups excluding carboxylic acids is 2. The SMILES string of the molecule is CC/C=C\C/C=C\C/C=C\C/C=C\C/C=C\C/C=C\CCCCCCCCC(=O)NC(COP(=O)(O)OCC[N+](C)(C)C)C(/C=C/CCCCCCCCCCCCC)OC(=O)CCCCCCCCCCCCCCCCC/C=C/CCCCCCCC. The average Bonchev–Trinajstić information content (AvgIpc) is 3.67. The molecule has 0 radical (unpaired) electrons. The number of esters is 1. The summed E-state index contributed by atoms with van der Waals surface area (Å²) in [5.41, 5.74) is 0. The van der Waals surface area contributed by atoms with Crippen LogP contribution in [0.3, 0.4) is 0 Å². The monoisotopic (exact) mass is 1260 g/mol. The first-order chi connectivity index (χ1) is 43.4. The van der Waals surface area contributed by atoms with Crippen molar-refractivity contribution in [1.29, 1.82) is 0 Å². The Bertz CT molecular complexity index is 1840. The van der Waals surface area contributed by atoms with E-state index >= 15 is 0 Å². The molecule has 1 amide bonds. The number of amides is 1. The van der Waals surface area contributed by atoms with Crippen LogP contribution in [0.2, 0.25) is 0 Å². The molecule has 0 heterocycles. The molecule has 0 aromatic heterocycles. The minimum absolute atomic E-state index is 0.0341. The molecule has 9 nitrogen and oxygen atoms in total. The molecule has 0 aliphatic rings. The Morgan fingerprint density at radius 1 is 0.404 bits per heavy atom. The van der Waals surface area contributed by atoms with E-state index in [0.29, 0.717) is 17.4 Å². The predicted molar refractivity (Wildman–Crippen MR) is 387 cm³/mol. The van der Waals surface area contributed by atoms with E-state index in [0.717, 1.165) is 122 Å². The zero-order chi connectivity index (χ0) is 64.9. The van der Waals surface area contributed by atoms with Gasteiger partial charge in [-0.2, -0.15) is 0 Å². The number of hydrogen-bond donors (Lipinski definition) is 2. The van der Waals surface area contributed by atoms with Crippen LogP contribution in [-0.2, 0) is 27.9 Å². The molecule has 3 unspecified atom stereocenters. The first-order valence-corrected chi connectivity index (χ1v) is 39.1. The van der Waals surface area contributed by atoms with Gasteiger partial charge in [0.2, 0.25) is 5.91 Å². The van der Waals surface area contributed by atoms with Crippen molar-refractivity contribution >= 4 is 19.7 Å². The molecule has 516 valence electrons. The summed E-state index contributed by atoms with van der Waals surface area (Å²) in [6.45, 7) is 6.92. The van der Waals surface area contributed by atoms with Crippen molar-refractivity contribution in [3.8, 4) is 0 Å². The summed E-state index contributed by atoms with van der Waals surface area (Å²) in [5.74, 6) is -0.514. The minimum atomic E-state index is -4.47. The lowest BCUT2D eigenvalue weighted by atomic mass is 10.0. The summed E-state index contributed by atoms with van der Waals surface area (Å²) in [6.07, 6.45) is 92.8. The number of quaternary nitrogens is 1. The van der Waals surface area contributed by atoms with Crippen LogP contribution in [0.1, 0.15) is 342 Å². The maximum Gasteiger partial charge on any atom is 0.472 e. The highest BCUT2D eigenvalue weighted by Gasteiger charge is 2.30. The van der Waals surface area contributed by atoms with Crippen LogP contribution in [0.5, 0.6) is 0 Å². The first-order valence-electron chi connectivity index (χ1n) is 37.6. The molecular formula is C79H144N2O7P+. The molecule has 2 N–H and O–H groups in total. The second kappa shape index (κ2) is 67.8. The predicted octanol–water partition coefficient (Wildman–Crippen LogP) is 24.2. The maximum absolute atomic E-state index is 13.6. The molecule has 0 saturated heterocycles. The zero-order valence-electron chi connectivity index (χ0n) is 59.2. The maximum atomic E-state index is 13.6. The van der Waals surface area contributed by atoms with E-state index in [4.69, 9.17) is 13.8 Å². The van der Waals surface area contributed by atoms with Crippen LogP contribution in [0, 0.1) is 0 Å². The van der Waals surface area contributed by atoms with E-state index < -0.39 is 20.0 Å². The molecule has 10 heteroatoms. The molecule has 0 aromatic carbocycles. The van der Waals surface area contributed by atoms with Crippen LogP contribution < -0.4 is 5.32 Å². The number of unbranched alkanes of at least 4 members (excludes halogenated alkanes) is 38.